The molecule has 1 aromatic carbocycles. The molecular weight excluding hydrogens is 310 g/mol. The Labute approximate surface area is 129 Å². The Bertz CT molecular complexity index is 705. The lowest BCUT2D eigenvalue weighted by molar-refractivity contribution is 0.580. The largest absolute Gasteiger partial charge is 0.316 e. The van der Waals surface area contributed by atoms with Crippen molar-refractivity contribution in [2.24, 2.45) is 0 Å². The normalized spacial score (nSPS) is 11.5. The van der Waals surface area contributed by atoms with E-state index < -0.39 is 10.0 Å². The summed E-state index contributed by atoms with van der Waals surface area (Å²) >= 11 is 6.03. The van der Waals surface area contributed by atoms with Crippen molar-refractivity contribution in [1.82, 2.24) is 15.0 Å². The van der Waals surface area contributed by atoms with Gasteiger partial charge in [0.25, 0.3) is 0 Å². The van der Waals surface area contributed by atoms with Crippen LogP contribution in [0.25, 0.3) is 0 Å². The molecule has 0 aliphatic rings. The predicted molar refractivity (Wildman–Crippen MR) is 82.5 cm³/mol. The third-order valence-corrected chi connectivity index (χ3v) is 4.63. The van der Waals surface area contributed by atoms with Gasteiger partial charge in [-0.05, 0) is 42.9 Å². The van der Waals surface area contributed by atoms with Gasteiger partial charge in [0.2, 0.25) is 10.0 Å². The Kier molecular flexibility index (Phi) is 5.30. The van der Waals surface area contributed by atoms with Gasteiger partial charge >= 0.3 is 0 Å². The van der Waals surface area contributed by atoms with Crippen molar-refractivity contribution in [2.45, 2.75) is 18.0 Å². The summed E-state index contributed by atoms with van der Waals surface area (Å²) in [6.07, 6.45) is 1.62. The van der Waals surface area contributed by atoms with Crippen LogP contribution in [0.15, 0.2) is 47.5 Å². The zero-order valence-corrected chi connectivity index (χ0v) is 13.1. The first-order chi connectivity index (χ1) is 10.0. The summed E-state index contributed by atoms with van der Waals surface area (Å²) in [6, 6.07) is 9.99. The molecule has 0 radical (unpaired) electrons. The molecule has 0 saturated carbocycles. The average molecular weight is 326 g/mol. The minimum atomic E-state index is -3.59. The van der Waals surface area contributed by atoms with Crippen LogP contribution in [-0.2, 0) is 23.1 Å². The maximum Gasteiger partial charge on any atom is 0.240 e. The number of nitrogens with one attached hydrogen (secondary N) is 2. The standard InChI is InChI=1S/C14H16ClN3O2S/c1-16-9-11-8-13(5-6-14(11)15)21(19,20)18-10-12-4-2-3-7-17-12/h2-8,16,18H,9-10H2,1H3. The fourth-order valence-corrected chi connectivity index (χ4v) is 3.03. The predicted octanol–water partition coefficient (Wildman–Crippen LogP) is 1.93. The zero-order chi connectivity index (χ0) is 15.3. The highest BCUT2D eigenvalue weighted by atomic mass is 35.5. The number of hydrogen-bond acceptors (Lipinski definition) is 4. The van der Waals surface area contributed by atoms with Gasteiger partial charge in [-0.25, -0.2) is 13.1 Å². The van der Waals surface area contributed by atoms with E-state index in [0.29, 0.717) is 17.3 Å². The Morgan fingerprint density at radius 1 is 1.19 bits per heavy atom. The summed E-state index contributed by atoms with van der Waals surface area (Å²) in [6.45, 7) is 0.648. The van der Waals surface area contributed by atoms with Crippen molar-refractivity contribution in [3.63, 3.8) is 0 Å². The third kappa shape index (κ3) is 4.25. The van der Waals surface area contributed by atoms with Gasteiger partial charge in [-0.2, -0.15) is 0 Å². The van der Waals surface area contributed by atoms with Crippen LogP contribution >= 0.6 is 11.6 Å². The van der Waals surface area contributed by atoms with Crippen molar-refractivity contribution in [3.8, 4) is 0 Å². The summed E-state index contributed by atoms with van der Waals surface area (Å²) in [4.78, 5) is 4.27. The molecule has 7 heteroatoms. The van der Waals surface area contributed by atoms with E-state index in [-0.39, 0.29) is 11.4 Å². The minimum absolute atomic E-state index is 0.146. The second-order valence-electron chi connectivity index (χ2n) is 4.43. The van der Waals surface area contributed by atoms with Gasteiger partial charge in [0.05, 0.1) is 17.1 Å². The molecule has 0 fully saturated rings. The van der Waals surface area contributed by atoms with E-state index in [1.54, 1.807) is 37.5 Å². The fraction of sp³-hybridized carbons (Fsp3) is 0.214. The summed E-state index contributed by atoms with van der Waals surface area (Å²) in [5, 5.41) is 3.49. The highest BCUT2D eigenvalue weighted by Crippen LogP contribution is 2.20. The van der Waals surface area contributed by atoms with Crippen LogP contribution < -0.4 is 10.0 Å². The summed E-state index contributed by atoms with van der Waals surface area (Å²) in [5.74, 6) is 0. The third-order valence-electron chi connectivity index (χ3n) is 2.86. The van der Waals surface area contributed by atoms with E-state index in [9.17, 15) is 8.42 Å². The molecule has 2 rings (SSSR count). The maximum absolute atomic E-state index is 12.3. The van der Waals surface area contributed by atoms with Crippen molar-refractivity contribution in [2.75, 3.05) is 7.05 Å². The van der Waals surface area contributed by atoms with Crippen LogP contribution in [0.4, 0.5) is 0 Å². The van der Waals surface area contributed by atoms with E-state index in [1.165, 1.54) is 6.07 Å². The smallest absolute Gasteiger partial charge is 0.240 e. The van der Waals surface area contributed by atoms with Crippen LogP contribution in [0.1, 0.15) is 11.3 Å². The van der Waals surface area contributed by atoms with Gasteiger partial charge in [-0.1, -0.05) is 17.7 Å². The Morgan fingerprint density at radius 2 is 2.00 bits per heavy atom. The zero-order valence-electron chi connectivity index (χ0n) is 11.5. The van der Waals surface area contributed by atoms with E-state index >= 15 is 0 Å². The number of halogens is 1. The first-order valence-electron chi connectivity index (χ1n) is 6.35. The molecule has 112 valence electrons. The SMILES string of the molecule is CNCc1cc(S(=O)(=O)NCc2ccccn2)ccc1Cl. The summed E-state index contributed by atoms with van der Waals surface area (Å²) in [5.41, 5.74) is 1.39. The van der Waals surface area contributed by atoms with Gasteiger partial charge < -0.3 is 5.32 Å². The van der Waals surface area contributed by atoms with Crippen molar-refractivity contribution < 1.29 is 8.42 Å². The number of hydrogen-bond donors (Lipinski definition) is 2. The van der Waals surface area contributed by atoms with Crippen LogP contribution in [0.5, 0.6) is 0 Å². The number of sulfonamides is 1. The number of rotatable bonds is 6. The van der Waals surface area contributed by atoms with Gasteiger partial charge in [0.1, 0.15) is 0 Å². The lowest BCUT2D eigenvalue weighted by atomic mass is 10.2. The Morgan fingerprint density at radius 3 is 2.67 bits per heavy atom. The molecule has 1 heterocycles. The van der Waals surface area contributed by atoms with Gasteiger partial charge in [0, 0.05) is 17.8 Å². The van der Waals surface area contributed by atoms with Gasteiger partial charge in [-0.15, -0.1) is 0 Å². The maximum atomic E-state index is 12.3. The van der Waals surface area contributed by atoms with Gasteiger partial charge in [-0.3, -0.25) is 4.98 Å². The van der Waals surface area contributed by atoms with E-state index in [4.69, 9.17) is 11.6 Å². The molecule has 2 N–H and O–H groups in total. The molecule has 0 bridgehead atoms. The van der Waals surface area contributed by atoms with Crippen LogP contribution in [0, 0.1) is 0 Å². The summed E-state index contributed by atoms with van der Waals surface area (Å²) in [7, 11) is -1.82. The van der Waals surface area contributed by atoms with Crippen LogP contribution in [0.2, 0.25) is 5.02 Å². The van der Waals surface area contributed by atoms with Gasteiger partial charge in [0.15, 0.2) is 0 Å². The lowest BCUT2D eigenvalue weighted by Gasteiger charge is -2.09. The first kappa shape index (κ1) is 15.9. The number of aromatic nitrogens is 1. The van der Waals surface area contributed by atoms with Crippen molar-refractivity contribution in [1.29, 1.82) is 0 Å². The Balaban J connectivity index is 2.17. The minimum Gasteiger partial charge on any atom is -0.316 e. The average Bonchev–Trinajstić information content (AvgIpc) is 2.49. The van der Waals surface area contributed by atoms with Crippen LogP contribution in [0.3, 0.4) is 0 Å². The first-order valence-corrected chi connectivity index (χ1v) is 8.21. The molecule has 21 heavy (non-hydrogen) atoms. The highest BCUT2D eigenvalue weighted by molar-refractivity contribution is 7.89. The van der Waals surface area contributed by atoms with Crippen molar-refractivity contribution >= 4 is 21.6 Å². The lowest BCUT2D eigenvalue weighted by Crippen LogP contribution is -2.24. The second-order valence-corrected chi connectivity index (χ2v) is 6.60. The molecule has 0 saturated heterocycles. The monoisotopic (exact) mass is 325 g/mol. The van der Waals surface area contributed by atoms with Crippen molar-refractivity contribution in [3.05, 3.63) is 58.9 Å². The molecule has 5 nitrogen and oxygen atoms in total. The van der Waals surface area contributed by atoms with E-state index in [0.717, 1.165) is 5.56 Å². The molecule has 0 unspecified atom stereocenters. The second kappa shape index (κ2) is 7.00. The molecule has 0 aliphatic carbocycles. The quantitative estimate of drug-likeness (QED) is 0.851. The Hall–Kier alpha value is -1.47. The fourth-order valence-electron chi connectivity index (χ4n) is 1.80. The molecule has 0 aliphatic heterocycles. The molecular formula is C14H16ClN3O2S. The van der Waals surface area contributed by atoms with E-state index in [2.05, 4.69) is 15.0 Å². The molecule has 0 spiro atoms. The molecule has 0 atom stereocenters. The van der Waals surface area contributed by atoms with Crippen LogP contribution in [-0.4, -0.2) is 20.4 Å². The molecule has 1 aromatic heterocycles. The molecule has 2 aromatic rings. The highest BCUT2D eigenvalue weighted by Gasteiger charge is 2.15. The topological polar surface area (TPSA) is 71.1 Å². The summed E-state index contributed by atoms with van der Waals surface area (Å²) < 4.78 is 27.1. The number of benzene rings is 1. The number of pyridine rings is 1. The number of nitrogens with zero attached hydrogens (tertiary/aromatic N) is 1. The molecule has 0 amide bonds. The van der Waals surface area contributed by atoms with E-state index in [1.807, 2.05) is 6.07 Å².